The molecule has 2 aromatic rings. The molecule has 0 saturated carbocycles. The van der Waals surface area contributed by atoms with Gasteiger partial charge in [0, 0.05) is 17.8 Å². The fraction of sp³-hybridized carbons (Fsp3) is 0.143. The molecule has 104 valence electrons. The number of ether oxygens (including phenoxy) is 2. The normalized spacial score (nSPS) is 13.1. The van der Waals surface area contributed by atoms with Crippen molar-refractivity contribution >= 4 is 28.7 Å². The molecule has 0 aliphatic carbocycles. The maximum atomic E-state index is 13.5. The average Bonchev–Trinajstić information content (AvgIpc) is 2.44. The molecule has 6 heteroatoms. The lowest BCUT2D eigenvalue weighted by atomic mass is 10.2. The van der Waals surface area contributed by atoms with Gasteiger partial charge in [-0.1, -0.05) is 11.6 Å². The van der Waals surface area contributed by atoms with Gasteiger partial charge in [-0.15, -0.1) is 0 Å². The minimum absolute atomic E-state index is 0.00442. The second kappa shape index (κ2) is 5.09. The van der Waals surface area contributed by atoms with Crippen molar-refractivity contribution in [1.82, 2.24) is 0 Å². The number of anilines is 3. The standard InChI is InChI=1S/C14H12ClFN2O2/c15-9-6-11(17)12(7-10(9)16)18-8-1-2-13-14(5-8)20-4-3-19-13/h1-2,5-7,18H,3-4,17H2. The molecule has 0 saturated heterocycles. The molecule has 0 radical (unpaired) electrons. The van der Waals surface area contributed by atoms with Crippen molar-refractivity contribution in [3.63, 3.8) is 0 Å². The largest absolute Gasteiger partial charge is 0.486 e. The summed E-state index contributed by atoms with van der Waals surface area (Å²) in [6, 6.07) is 8.00. The van der Waals surface area contributed by atoms with Crippen molar-refractivity contribution in [2.45, 2.75) is 0 Å². The minimum atomic E-state index is -0.527. The Bertz CT molecular complexity index is 664. The van der Waals surface area contributed by atoms with E-state index in [2.05, 4.69) is 5.32 Å². The van der Waals surface area contributed by atoms with E-state index in [0.29, 0.717) is 36.1 Å². The molecule has 0 spiro atoms. The molecule has 4 nitrogen and oxygen atoms in total. The van der Waals surface area contributed by atoms with E-state index in [1.165, 1.54) is 12.1 Å². The summed E-state index contributed by atoms with van der Waals surface area (Å²) in [7, 11) is 0. The molecule has 1 heterocycles. The van der Waals surface area contributed by atoms with Crippen molar-refractivity contribution in [2.24, 2.45) is 0 Å². The van der Waals surface area contributed by atoms with Gasteiger partial charge >= 0.3 is 0 Å². The Hall–Kier alpha value is -2.14. The number of nitrogens with one attached hydrogen (secondary N) is 1. The number of hydrogen-bond acceptors (Lipinski definition) is 4. The predicted octanol–water partition coefficient (Wildman–Crippen LogP) is 3.58. The Kier molecular flexibility index (Phi) is 3.28. The lowest BCUT2D eigenvalue weighted by Crippen LogP contribution is -2.15. The summed E-state index contributed by atoms with van der Waals surface area (Å²) in [4.78, 5) is 0. The first-order valence-corrected chi connectivity index (χ1v) is 6.42. The van der Waals surface area contributed by atoms with E-state index >= 15 is 0 Å². The second-order valence-corrected chi connectivity index (χ2v) is 4.74. The topological polar surface area (TPSA) is 56.5 Å². The SMILES string of the molecule is Nc1cc(Cl)c(F)cc1Nc1ccc2c(c1)OCCO2. The highest BCUT2D eigenvalue weighted by Gasteiger charge is 2.13. The van der Waals surface area contributed by atoms with Crippen molar-refractivity contribution in [3.8, 4) is 11.5 Å². The number of halogens is 2. The van der Waals surface area contributed by atoms with Gasteiger partial charge in [0.15, 0.2) is 11.5 Å². The Morgan fingerprint density at radius 3 is 2.65 bits per heavy atom. The van der Waals surface area contributed by atoms with Gasteiger partial charge in [0.25, 0.3) is 0 Å². The van der Waals surface area contributed by atoms with Crippen LogP contribution >= 0.6 is 11.6 Å². The number of benzene rings is 2. The zero-order valence-electron chi connectivity index (χ0n) is 10.5. The molecule has 0 unspecified atom stereocenters. The van der Waals surface area contributed by atoms with Crippen molar-refractivity contribution in [2.75, 3.05) is 24.3 Å². The maximum absolute atomic E-state index is 13.5. The Balaban J connectivity index is 1.89. The van der Waals surface area contributed by atoms with Crippen LogP contribution < -0.4 is 20.5 Å². The smallest absolute Gasteiger partial charge is 0.163 e. The van der Waals surface area contributed by atoms with Crippen LogP contribution in [0.1, 0.15) is 0 Å². The van der Waals surface area contributed by atoms with E-state index in [1.54, 1.807) is 18.2 Å². The van der Waals surface area contributed by atoms with E-state index in [-0.39, 0.29) is 5.02 Å². The number of fused-ring (bicyclic) bond motifs is 1. The van der Waals surface area contributed by atoms with E-state index in [1.807, 2.05) is 0 Å². The quantitative estimate of drug-likeness (QED) is 0.831. The lowest BCUT2D eigenvalue weighted by molar-refractivity contribution is 0.171. The zero-order valence-corrected chi connectivity index (χ0v) is 11.2. The summed E-state index contributed by atoms with van der Waals surface area (Å²) < 4.78 is 24.4. The molecule has 3 rings (SSSR count). The van der Waals surface area contributed by atoms with Crippen LogP contribution in [-0.4, -0.2) is 13.2 Å². The molecule has 20 heavy (non-hydrogen) atoms. The highest BCUT2D eigenvalue weighted by molar-refractivity contribution is 6.31. The molecule has 0 amide bonds. The first-order chi connectivity index (χ1) is 9.63. The van der Waals surface area contributed by atoms with E-state index in [9.17, 15) is 4.39 Å². The molecular weight excluding hydrogens is 283 g/mol. The zero-order chi connectivity index (χ0) is 14.1. The molecule has 1 aliphatic heterocycles. The maximum Gasteiger partial charge on any atom is 0.163 e. The summed E-state index contributed by atoms with van der Waals surface area (Å²) in [5, 5.41) is 3.03. The van der Waals surface area contributed by atoms with Crippen LogP contribution in [0.4, 0.5) is 21.5 Å². The van der Waals surface area contributed by atoms with Crippen LogP contribution in [0.5, 0.6) is 11.5 Å². The molecule has 1 aliphatic rings. The molecule has 0 atom stereocenters. The highest BCUT2D eigenvalue weighted by Crippen LogP contribution is 2.35. The van der Waals surface area contributed by atoms with Gasteiger partial charge in [0.2, 0.25) is 0 Å². The van der Waals surface area contributed by atoms with Crippen LogP contribution in [0.25, 0.3) is 0 Å². The molecule has 3 N–H and O–H groups in total. The van der Waals surface area contributed by atoms with Gasteiger partial charge in [0.05, 0.1) is 16.4 Å². The van der Waals surface area contributed by atoms with Crippen LogP contribution in [0, 0.1) is 5.82 Å². The molecule has 0 bridgehead atoms. The summed E-state index contributed by atoms with van der Waals surface area (Å²) in [6.45, 7) is 1.04. The lowest BCUT2D eigenvalue weighted by Gasteiger charge is -2.19. The summed E-state index contributed by atoms with van der Waals surface area (Å²) in [6.07, 6.45) is 0. The Morgan fingerprint density at radius 2 is 1.85 bits per heavy atom. The third-order valence-electron chi connectivity index (χ3n) is 2.91. The van der Waals surface area contributed by atoms with Crippen LogP contribution in [-0.2, 0) is 0 Å². The van der Waals surface area contributed by atoms with Gasteiger partial charge in [-0.05, 0) is 18.2 Å². The number of hydrogen-bond donors (Lipinski definition) is 2. The first-order valence-electron chi connectivity index (χ1n) is 6.04. The fourth-order valence-corrected chi connectivity index (χ4v) is 2.12. The number of nitrogen functional groups attached to an aromatic ring is 1. The van der Waals surface area contributed by atoms with Crippen molar-refractivity contribution < 1.29 is 13.9 Å². The summed E-state index contributed by atoms with van der Waals surface area (Å²) in [5.41, 5.74) is 7.35. The van der Waals surface area contributed by atoms with E-state index < -0.39 is 5.82 Å². The third kappa shape index (κ3) is 2.44. The third-order valence-corrected chi connectivity index (χ3v) is 3.20. The van der Waals surface area contributed by atoms with Crippen LogP contribution in [0.3, 0.4) is 0 Å². The molecular formula is C14H12ClFN2O2. The van der Waals surface area contributed by atoms with Crippen LogP contribution in [0.15, 0.2) is 30.3 Å². The Morgan fingerprint density at radius 1 is 1.10 bits per heavy atom. The van der Waals surface area contributed by atoms with Gasteiger partial charge in [0.1, 0.15) is 19.0 Å². The van der Waals surface area contributed by atoms with Crippen molar-refractivity contribution in [1.29, 1.82) is 0 Å². The highest BCUT2D eigenvalue weighted by atomic mass is 35.5. The monoisotopic (exact) mass is 294 g/mol. The first kappa shape index (κ1) is 12.9. The Labute approximate surface area is 120 Å². The van der Waals surface area contributed by atoms with Gasteiger partial charge in [-0.2, -0.15) is 0 Å². The van der Waals surface area contributed by atoms with E-state index in [4.69, 9.17) is 26.8 Å². The number of rotatable bonds is 2. The van der Waals surface area contributed by atoms with Gasteiger partial charge < -0.3 is 20.5 Å². The molecule has 2 aromatic carbocycles. The predicted molar refractivity (Wildman–Crippen MR) is 76.5 cm³/mol. The average molecular weight is 295 g/mol. The van der Waals surface area contributed by atoms with Gasteiger partial charge in [-0.3, -0.25) is 0 Å². The minimum Gasteiger partial charge on any atom is -0.486 e. The summed E-state index contributed by atoms with van der Waals surface area (Å²) in [5.74, 6) is 0.812. The molecule has 0 aromatic heterocycles. The fourth-order valence-electron chi connectivity index (χ4n) is 1.95. The number of nitrogens with two attached hydrogens (primary N) is 1. The molecule has 0 fully saturated rings. The van der Waals surface area contributed by atoms with E-state index in [0.717, 1.165) is 5.69 Å². The van der Waals surface area contributed by atoms with Gasteiger partial charge in [-0.25, -0.2) is 4.39 Å². The van der Waals surface area contributed by atoms with Crippen molar-refractivity contribution in [3.05, 3.63) is 41.2 Å². The van der Waals surface area contributed by atoms with Crippen LogP contribution in [0.2, 0.25) is 5.02 Å². The second-order valence-electron chi connectivity index (χ2n) is 4.34. The summed E-state index contributed by atoms with van der Waals surface area (Å²) >= 11 is 5.66.